The highest BCUT2D eigenvalue weighted by molar-refractivity contribution is 5.86. The summed E-state index contributed by atoms with van der Waals surface area (Å²) in [5.74, 6) is 2.06. The summed E-state index contributed by atoms with van der Waals surface area (Å²) >= 11 is 0. The first kappa shape index (κ1) is 24.1. The molecule has 2 saturated heterocycles. The average molecular weight is 465 g/mol. The Morgan fingerprint density at radius 2 is 1.68 bits per heavy atom. The van der Waals surface area contributed by atoms with Crippen LogP contribution in [0.2, 0.25) is 0 Å². The second-order valence-corrected chi connectivity index (χ2v) is 10.0. The third kappa shape index (κ3) is 5.37. The number of hydrogen-bond acceptors (Lipinski definition) is 4. The van der Waals surface area contributed by atoms with E-state index in [-0.39, 0.29) is 29.9 Å². The first-order valence-corrected chi connectivity index (χ1v) is 12.3. The van der Waals surface area contributed by atoms with Gasteiger partial charge in [-0.25, -0.2) is 0 Å². The van der Waals surface area contributed by atoms with Crippen LogP contribution < -0.4 is 9.47 Å². The summed E-state index contributed by atoms with van der Waals surface area (Å²) in [7, 11) is 1.61. The van der Waals surface area contributed by atoms with Gasteiger partial charge in [-0.3, -0.25) is 9.59 Å². The van der Waals surface area contributed by atoms with E-state index in [4.69, 9.17) is 9.47 Å². The molecule has 6 heteroatoms. The van der Waals surface area contributed by atoms with Crippen molar-refractivity contribution in [1.29, 1.82) is 0 Å². The summed E-state index contributed by atoms with van der Waals surface area (Å²) in [4.78, 5) is 30.4. The molecule has 0 aliphatic carbocycles. The van der Waals surface area contributed by atoms with E-state index in [0.29, 0.717) is 24.8 Å². The van der Waals surface area contributed by atoms with Crippen LogP contribution in [0.1, 0.15) is 38.7 Å². The lowest BCUT2D eigenvalue weighted by Gasteiger charge is -2.38. The summed E-state index contributed by atoms with van der Waals surface area (Å²) in [6.07, 6.45) is 3.21. The predicted octanol–water partition coefficient (Wildman–Crippen LogP) is 4.18. The number of benzene rings is 2. The zero-order valence-electron chi connectivity index (χ0n) is 20.5. The van der Waals surface area contributed by atoms with Gasteiger partial charge in [-0.2, -0.15) is 0 Å². The van der Waals surface area contributed by atoms with Crippen molar-refractivity contribution >= 4 is 11.8 Å². The van der Waals surface area contributed by atoms with Gasteiger partial charge in [-0.15, -0.1) is 0 Å². The number of piperidine rings is 1. The quantitative estimate of drug-likeness (QED) is 0.588. The lowest BCUT2D eigenvalue weighted by molar-refractivity contribution is -0.144. The monoisotopic (exact) mass is 464 g/mol. The summed E-state index contributed by atoms with van der Waals surface area (Å²) in [5, 5.41) is 0. The molecule has 6 nitrogen and oxygen atoms in total. The predicted molar refractivity (Wildman–Crippen MR) is 132 cm³/mol. The Morgan fingerprint density at radius 1 is 1.03 bits per heavy atom. The van der Waals surface area contributed by atoms with Crippen molar-refractivity contribution in [3.63, 3.8) is 0 Å². The summed E-state index contributed by atoms with van der Waals surface area (Å²) in [6, 6.07) is 17.9. The molecular weight excluding hydrogens is 428 g/mol. The van der Waals surface area contributed by atoms with Crippen molar-refractivity contribution in [2.24, 2.45) is 11.3 Å². The topological polar surface area (TPSA) is 59.1 Å². The third-order valence-electron chi connectivity index (χ3n) is 7.15. The van der Waals surface area contributed by atoms with Crippen molar-refractivity contribution in [2.45, 2.75) is 45.6 Å². The molecule has 0 bridgehead atoms. The molecule has 2 amide bonds. The van der Waals surface area contributed by atoms with Crippen LogP contribution in [0.15, 0.2) is 54.6 Å². The van der Waals surface area contributed by atoms with Gasteiger partial charge in [-0.1, -0.05) is 44.2 Å². The maximum absolute atomic E-state index is 13.6. The molecule has 1 spiro atoms. The van der Waals surface area contributed by atoms with E-state index >= 15 is 0 Å². The van der Waals surface area contributed by atoms with Crippen LogP contribution in [0, 0.1) is 11.3 Å². The lowest BCUT2D eigenvalue weighted by Crippen LogP contribution is -2.48. The summed E-state index contributed by atoms with van der Waals surface area (Å²) in [5.41, 5.74) is 0.927. The standard InChI is InChI=1S/C28H36N2O4/c1-21(2)19-30-23(17-22-7-5-4-6-8-22)18-28(27(30)32)13-15-29(16-14-28)26(31)20-34-25-11-9-24(33-3)10-12-25/h4-12,21,23H,13-20H2,1-3H3/t23-/m0/s1. The molecule has 0 radical (unpaired) electrons. The summed E-state index contributed by atoms with van der Waals surface area (Å²) in [6.45, 7) is 6.33. The Balaban J connectivity index is 1.36. The van der Waals surface area contributed by atoms with E-state index < -0.39 is 0 Å². The van der Waals surface area contributed by atoms with Crippen molar-refractivity contribution < 1.29 is 19.1 Å². The molecule has 1 atom stereocenters. The Labute approximate surface area is 202 Å². The van der Waals surface area contributed by atoms with Crippen molar-refractivity contribution in [1.82, 2.24) is 9.80 Å². The highest BCUT2D eigenvalue weighted by Crippen LogP contribution is 2.45. The summed E-state index contributed by atoms with van der Waals surface area (Å²) < 4.78 is 10.8. The number of likely N-dealkylation sites (tertiary alicyclic amines) is 2. The number of nitrogens with zero attached hydrogens (tertiary/aromatic N) is 2. The molecule has 0 N–H and O–H groups in total. The number of carbonyl (C=O) groups is 2. The van der Waals surface area contributed by atoms with E-state index in [1.807, 2.05) is 23.1 Å². The molecule has 0 unspecified atom stereocenters. The normalized spacial score (nSPS) is 19.6. The van der Waals surface area contributed by atoms with Gasteiger partial charge < -0.3 is 19.3 Å². The highest BCUT2D eigenvalue weighted by atomic mass is 16.5. The molecule has 0 saturated carbocycles. The second-order valence-electron chi connectivity index (χ2n) is 10.0. The first-order chi connectivity index (χ1) is 16.4. The minimum atomic E-state index is -0.345. The van der Waals surface area contributed by atoms with Gasteiger partial charge in [0, 0.05) is 25.7 Å². The van der Waals surface area contributed by atoms with E-state index in [0.717, 1.165) is 38.0 Å². The van der Waals surface area contributed by atoms with Crippen molar-refractivity contribution in [3.8, 4) is 11.5 Å². The number of carbonyl (C=O) groups excluding carboxylic acids is 2. The maximum atomic E-state index is 13.6. The van der Waals surface area contributed by atoms with Gasteiger partial charge in [0.05, 0.1) is 12.5 Å². The number of rotatable bonds is 8. The molecule has 4 rings (SSSR count). The van der Waals surface area contributed by atoms with Crippen LogP contribution in [0.25, 0.3) is 0 Å². The Morgan fingerprint density at radius 3 is 2.29 bits per heavy atom. The van der Waals surface area contributed by atoms with Crippen molar-refractivity contribution in [3.05, 3.63) is 60.2 Å². The van der Waals surface area contributed by atoms with Crippen molar-refractivity contribution in [2.75, 3.05) is 33.4 Å². The zero-order chi connectivity index (χ0) is 24.1. The smallest absolute Gasteiger partial charge is 0.260 e. The van der Waals surface area contributed by atoms with Gasteiger partial charge >= 0.3 is 0 Å². The Kier molecular flexibility index (Phi) is 7.44. The third-order valence-corrected chi connectivity index (χ3v) is 7.15. The lowest BCUT2D eigenvalue weighted by atomic mass is 9.75. The van der Waals surface area contributed by atoms with Crippen LogP contribution >= 0.6 is 0 Å². The van der Waals surface area contributed by atoms with Gasteiger partial charge in [0.1, 0.15) is 11.5 Å². The van der Waals surface area contributed by atoms with E-state index in [1.54, 1.807) is 19.2 Å². The number of methoxy groups -OCH3 is 1. The van der Waals surface area contributed by atoms with Gasteiger partial charge in [0.15, 0.2) is 6.61 Å². The number of hydrogen-bond donors (Lipinski definition) is 0. The van der Waals surface area contributed by atoms with E-state index in [9.17, 15) is 9.59 Å². The van der Waals surface area contributed by atoms with Crippen LogP contribution in [-0.2, 0) is 16.0 Å². The zero-order valence-corrected chi connectivity index (χ0v) is 20.5. The molecule has 2 heterocycles. The number of ether oxygens (including phenoxy) is 2. The van der Waals surface area contributed by atoms with Gasteiger partial charge in [0.2, 0.25) is 5.91 Å². The van der Waals surface area contributed by atoms with Crippen LogP contribution in [0.4, 0.5) is 0 Å². The molecule has 2 aromatic rings. The molecule has 2 fully saturated rings. The fourth-order valence-electron chi connectivity index (χ4n) is 5.32. The fraction of sp³-hybridized carbons (Fsp3) is 0.500. The van der Waals surface area contributed by atoms with Crippen LogP contribution in [0.5, 0.6) is 11.5 Å². The first-order valence-electron chi connectivity index (χ1n) is 12.3. The molecule has 0 aromatic heterocycles. The fourth-order valence-corrected chi connectivity index (χ4v) is 5.32. The minimum absolute atomic E-state index is 0.00335. The molecule has 2 aliphatic heterocycles. The van der Waals surface area contributed by atoms with Crippen LogP contribution in [0.3, 0.4) is 0 Å². The Hall–Kier alpha value is -3.02. The average Bonchev–Trinajstić information content (AvgIpc) is 3.08. The van der Waals surface area contributed by atoms with E-state index in [2.05, 4.69) is 43.0 Å². The van der Waals surface area contributed by atoms with Crippen LogP contribution in [-0.4, -0.2) is 61.0 Å². The maximum Gasteiger partial charge on any atom is 0.260 e. The SMILES string of the molecule is COc1ccc(OCC(=O)N2CCC3(CC2)C[C@H](Cc2ccccc2)N(CC(C)C)C3=O)cc1. The molecule has 182 valence electrons. The highest BCUT2D eigenvalue weighted by Gasteiger charge is 2.52. The van der Waals surface area contributed by atoms with E-state index in [1.165, 1.54) is 5.56 Å². The van der Waals surface area contributed by atoms with Gasteiger partial charge in [-0.05, 0) is 61.4 Å². The molecular formula is C28H36N2O4. The molecule has 34 heavy (non-hydrogen) atoms. The van der Waals surface area contributed by atoms with Gasteiger partial charge in [0.25, 0.3) is 5.91 Å². The largest absolute Gasteiger partial charge is 0.497 e. The molecule has 2 aliphatic rings. The minimum Gasteiger partial charge on any atom is -0.497 e. The Bertz CT molecular complexity index is 966. The second kappa shape index (κ2) is 10.5. The molecule has 2 aromatic carbocycles. The number of amides is 2.